The van der Waals surface area contributed by atoms with Crippen molar-refractivity contribution in [1.82, 2.24) is 0 Å². The highest BCUT2D eigenvalue weighted by atomic mass is 79.9. The van der Waals surface area contributed by atoms with E-state index in [1.54, 1.807) is 0 Å². The molecule has 0 amide bonds. The molecule has 2 aromatic rings. The van der Waals surface area contributed by atoms with E-state index < -0.39 is 11.6 Å². The summed E-state index contributed by atoms with van der Waals surface area (Å²) in [7, 11) is 0. The molecule has 0 heterocycles. The van der Waals surface area contributed by atoms with Crippen molar-refractivity contribution in [2.45, 2.75) is 13.8 Å². The second-order valence-corrected chi connectivity index (χ2v) is 4.92. The molecule has 0 fully saturated rings. The van der Waals surface area contributed by atoms with Crippen LogP contribution in [0.25, 0.3) is 11.1 Å². The molecule has 0 unspecified atom stereocenters. The van der Waals surface area contributed by atoms with Crippen LogP contribution in [0, 0.1) is 25.5 Å². The molecule has 88 valence electrons. The molecule has 0 nitrogen and oxygen atoms in total. The first-order chi connectivity index (χ1) is 7.99. The first-order valence-electron chi connectivity index (χ1n) is 5.21. The van der Waals surface area contributed by atoms with Crippen molar-refractivity contribution in [1.29, 1.82) is 0 Å². The van der Waals surface area contributed by atoms with Crippen LogP contribution in [0.4, 0.5) is 8.78 Å². The van der Waals surface area contributed by atoms with E-state index in [0.29, 0.717) is 10.0 Å². The monoisotopic (exact) mass is 296 g/mol. The minimum Gasteiger partial charge on any atom is -0.207 e. The fraction of sp³-hybridized carbons (Fsp3) is 0.143. The van der Waals surface area contributed by atoms with Gasteiger partial charge in [-0.1, -0.05) is 23.8 Å². The van der Waals surface area contributed by atoms with E-state index in [1.807, 2.05) is 32.0 Å². The van der Waals surface area contributed by atoms with Gasteiger partial charge in [0, 0.05) is 16.1 Å². The van der Waals surface area contributed by atoms with Gasteiger partial charge in [-0.3, -0.25) is 0 Å². The molecule has 2 aromatic carbocycles. The van der Waals surface area contributed by atoms with Crippen LogP contribution >= 0.6 is 15.9 Å². The zero-order valence-corrected chi connectivity index (χ0v) is 11.1. The maximum Gasteiger partial charge on any atom is 0.135 e. The fourth-order valence-corrected chi connectivity index (χ4v) is 2.43. The van der Waals surface area contributed by atoms with E-state index in [9.17, 15) is 8.78 Å². The van der Waals surface area contributed by atoms with Crippen LogP contribution < -0.4 is 0 Å². The van der Waals surface area contributed by atoms with E-state index in [1.165, 1.54) is 6.07 Å². The molecule has 0 aliphatic heterocycles. The molecule has 0 atom stereocenters. The van der Waals surface area contributed by atoms with Crippen LogP contribution in [-0.2, 0) is 0 Å². The van der Waals surface area contributed by atoms with Crippen molar-refractivity contribution in [3.8, 4) is 11.1 Å². The summed E-state index contributed by atoms with van der Waals surface area (Å²) in [5.74, 6) is -1.13. The molecule has 0 radical (unpaired) electrons. The first kappa shape index (κ1) is 12.2. The first-order valence-corrected chi connectivity index (χ1v) is 6.00. The molecule has 0 N–H and O–H groups in total. The van der Waals surface area contributed by atoms with Crippen LogP contribution in [0.5, 0.6) is 0 Å². The minimum atomic E-state index is -0.580. The van der Waals surface area contributed by atoms with Crippen molar-refractivity contribution in [2.24, 2.45) is 0 Å². The summed E-state index contributed by atoms with van der Waals surface area (Å²) in [4.78, 5) is 0. The molecular weight excluding hydrogens is 286 g/mol. The lowest BCUT2D eigenvalue weighted by Gasteiger charge is -2.11. The Morgan fingerprint density at radius 2 is 1.71 bits per heavy atom. The summed E-state index contributed by atoms with van der Waals surface area (Å²) >= 11 is 3.21. The van der Waals surface area contributed by atoms with Gasteiger partial charge in [-0.2, -0.15) is 0 Å². The van der Waals surface area contributed by atoms with Crippen molar-refractivity contribution >= 4 is 15.9 Å². The number of benzene rings is 2. The Morgan fingerprint density at radius 1 is 1.00 bits per heavy atom. The van der Waals surface area contributed by atoms with Gasteiger partial charge in [0.15, 0.2) is 0 Å². The molecule has 0 spiro atoms. The van der Waals surface area contributed by atoms with Crippen molar-refractivity contribution in [3.05, 3.63) is 57.6 Å². The molecule has 0 bridgehead atoms. The Morgan fingerprint density at radius 3 is 2.35 bits per heavy atom. The molecule has 0 aliphatic carbocycles. The summed E-state index contributed by atoms with van der Waals surface area (Å²) < 4.78 is 27.3. The highest BCUT2D eigenvalue weighted by molar-refractivity contribution is 9.10. The second-order valence-electron chi connectivity index (χ2n) is 4.06. The highest BCUT2D eigenvalue weighted by Crippen LogP contribution is 2.34. The van der Waals surface area contributed by atoms with Gasteiger partial charge in [0.2, 0.25) is 0 Å². The molecular formula is C14H11BrF2. The number of aryl methyl sites for hydroxylation is 2. The third-order valence-electron chi connectivity index (χ3n) is 2.67. The summed E-state index contributed by atoms with van der Waals surface area (Å²) in [5.41, 5.74) is 3.20. The molecule has 3 heteroatoms. The average Bonchev–Trinajstić information content (AvgIpc) is 2.21. The maximum absolute atomic E-state index is 13.8. The third-order valence-corrected chi connectivity index (χ3v) is 3.29. The van der Waals surface area contributed by atoms with Gasteiger partial charge in [-0.05, 0) is 47.0 Å². The highest BCUT2D eigenvalue weighted by Gasteiger charge is 2.13. The number of hydrogen-bond donors (Lipinski definition) is 0. The SMILES string of the molecule is Cc1ccc(C)c(-c2c(F)cc(F)cc2Br)c1. The van der Waals surface area contributed by atoms with E-state index >= 15 is 0 Å². The fourth-order valence-electron chi connectivity index (χ4n) is 1.80. The zero-order chi connectivity index (χ0) is 12.6. The molecule has 0 saturated heterocycles. The lowest BCUT2D eigenvalue weighted by Crippen LogP contribution is -1.92. The van der Waals surface area contributed by atoms with Crippen LogP contribution in [0.2, 0.25) is 0 Å². The van der Waals surface area contributed by atoms with Crippen LogP contribution in [0.15, 0.2) is 34.8 Å². The Kier molecular flexibility index (Phi) is 3.29. The summed E-state index contributed by atoms with van der Waals surface area (Å²) in [6.07, 6.45) is 0. The Balaban J connectivity index is 2.72. The molecule has 2 rings (SSSR count). The summed E-state index contributed by atoms with van der Waals surface area (Å²) in [6.45, 7) is 3.85. The number of hydrogen-bond acceptors (Lipinski definition) is 0. The van der Waals surface area contributed by atoms with Gasteiger partial charge in [0.05, 0.1) is 0 Å². The van der Waals surface area contributed by atoms with Crippen molar-refractivity contribution in [3.63, 3.8) is 0 Å². The summed E-state index contributed by atoms with van der Waals surface area (Å²) in [5, 5.41) is 0. The van der Waals surface area contributed by atoms with E-state index in [-0.39, 0.29) is 0 Å². The Bertz CT molecular complexity index is 553. The maximum atomic E-state index is 13.8. The van der Waals surface area contributed by atoms with Crippen molar-refractivity contribution < 1.29 is 8.78 Å². The van der Waals surface area contributed by atoms with Gasteiger partial charge in [-0.25, -0.2) is 8.78 Å². The third kappa shape index (κ3) is 2.39. The largest absolute Gasteiger partial charge is 0.207 e. The van der Waals surface area contributed by atoms with Gasteiger partial charge in [-0.15, -0.1) is 0 Å². The topological polar surface area (TPSA) is 0 Å². The number of rotatable bonds is 1. The van der Waals surface area contributed by atoms with Gasteiger partial charge >= 0.3 is 0 Å². The molecule has 0 aliphatic rings. The molecule has 0 saturated carbocycles. The van der Waals surface area contributed by atoms with E-state index in [4.69, 9.17) is 0 Å². The molecule has 17 heavy (non-hydrogen) atoms. The molecule has 0 aromatic heterocycles. The van der Waals surface area contributed by atoms with Crippen LogP contribution in [-0.4, -0.2) is 0 Å². The van der Waals surface area contributed by atoms with E-state index in [2.05, 4.69) is 15.9 Å². The predicted molar refractivity (Wildman–Crippen MR) is 69.0 cm³/mol. The predicted octanol–water partition coefficient (Wildman–Crippen LogP) is 5.01. The van der Waals surface area contributed by atoms with E-state index in [0.717, 1.165) is 22.8 Å². The summed E-state index contributed by atoms with van der Waals surface area (Å²) in [6, 6.07) is 7.98. The standard InChI is InChI=1S/C14H11BrF2/c1-8-3-4-9(2)11(5-8)14-12(15)6-10(16)7-13(14)17/h3-7H,1-2H3. The second kappa shape index (κ2) is 4.57. The smallest absolute Gasteiger partial charge is 0.135 e. The van der Waals surface area contributed by atoms with Crippen LogP contribution in [0.3, 0.4) is 0 Å². The normalized spacial score (nSPS) is 10.6. The van der Waals surface area contributed by atoms with Gasteiger partial charge in [0.25, 0.3) is 0 Å². The Labute approximate surface area is 107 Å². The van der Waals surface area contributed by atoms with Crippen molar-refractivity contribution in [2.75, 3.05) is 0 Å². The minimum absolute atomic E-state index is 0.410. The van der Waals surface area contributed by atoms with Crippen LogP contribution in [0.1, 0.15) is 11.1 Å². The Hall–Kier alpha value is -1.22. The average molecular weight is 297 g/mol. The lowest BCUT2D eigenvalue weighted by molar-refractivity contribution is 0.584. The van der Waals surface area contributed by atoms with Gasteiger partial charge < -0.3 is 0 Å². The number of halogens is 3. The quantitative estimate of drug-likeness (QED) is 0.694. The van der Waals surface area contributed by atoms with Gasteiger partial charge in [0.1, 0.15) is 11.6 Å². The lowest BCUT2D eigenvalue weighted by atomic mass is 9.98. The zero-order valence-electron chi connectivity index (χ0n) is 9.52.